The first-order valence-electron chi connectivity index (χ1n) is 15.6. The van der Waals surface area contributed by atoms with Gasteiger partial charge in [0.1, 0.15) is 29.9 Å². The summed E-state index contributed by atoms with van der Waals surface area (Å²) in [5, 5.41) is 10.7. The number of carbonyl (C=O) groups is 5. The van der Waals surface area contributed by atoms with Crippen LogP contribution < -0.4 is 26.0 Å². The van der Waals surface area contributed by atoms with Crippen LogP contribution in [0.1, 0.15) is 50.3 Å². The summed E-state index contributed by atoms with van der Waals surface area (Å²) in [5.41, 5.74) is 0.230. The summed E-state index contributed by atoms with van der Waals surface area (Å²) in [5.74, 6) is -2.58. The molecule has 5 amide bonds. The van der Waals surface area contributed by atoms with E-state index in [-0.39, 0.29) is 31.9 Å². The van der Waals surface area contributed by atoms with Gasteiger partial charge in [0.25, 0.3) is 5.91 Å². The molecule has 47 heavy (non-hydrogen) atoms. The Morgan fingerprint density at radius 2 is 1.74 bits per heavy atom. The van der Waals surface area contributed by atoms with Gasteiger partial charge in [-0.15, -0.1) is 0 Å². The van der Waals surface area contributed by atoms with E-state index in [2.05, 4.69) is 21.3 Å². The van der Waals surface area contributed by atoms with E-state index >= 15 is 0 Å². The predicted molar refractivity (Wildman–Crippen MR) is 165 cm³/mol. The highest BCUT2D eigenvalue weighted by Crippen LogP contribution is 2.29. The molecule has 4 atom stereocenters. The number of hydrogen-bond acceptors (Lipinski definition) is 6. The monoisotopic (exact) mass is 659 g/mol. The van der Waals surface area contributed by atoms with Gasteiger partial charge in [0.05, 0.1) is 5.56 Å². The second-order valence-electron chi connectivity index (χ2n) is 12.1. The standard InChI is InChI=1S/C33H40F3N5O6/c1-19(2)28-32(46)41-15-5-8-26(41)31(45)38-20(3)29(43)39-25(17-22-9-11-24(12-10-22)47-18-27(42)40-28)30(44)37-14-13-21-6-4-7-23(16-21)33(34,35)36/h4,6-7,9-12,16,19-20,25-26,28H,5,8,13-15,17-18H2,1-3H3,(H,37,44)(H,38,45)(H,39,43)(H,40,42)/t20-,25-,26-,28+/m0/s1. The van der Waals surface area contributed by atoms with Crippen molar-refractivity contribution in [2.45, 2.75) is 76.8 Å². The average molecular weight is 660 g/mol. The van der Waals surface area contributed by atoms with Crippen molar-refractivity contribution in [3.05, 3.63) is 65.2 Å². The van der Waals surface area contributed by atoms with Crippen LogP contribution in [0.4, 0.5) is 13.2 Å². The number of nitrogens with one attached hydrogen (secondary N) is 4. The topological polar surface area (TPSA) is 146 Å². The predicted octanol–water partition coefficient (Wildman–Crippen LogP) is 2.12. The summed E-state index contributed by atoms with van der Waals surface area (Å²) < 4.78 is 44.9. The molecule has 5 rings (SSSR count). The first kappa shape index (κ1) is 35.2. The number of alkyl halides is 3. The molecule has 1 fully saturated rings. The van der Waals surface area contributed by atoms with Gasteiger partial charge in [0.15, 0.2) is 6.61 Å². The van der Waals surface area contributed by atoms with E-state index in [4.69, 9.17) is 4.74 Å². The van der Waals surface area contributed by atoms with Gasteiger partial charge in [-0.3, -0.25) is 24.0 Å². The van der Waals surface area contributed by atoms with E-state index in [1.807, 2.05) is 0 Å². The third-order valence-electron chi connectivity index (χ3n) is 8.17. The minimum atomic E-state index is -4.49. The van der Waals surface area contributed by atoms with E-state index in [9.17, 15) is 37.1 Å². The summed E-state index contributed by atoms with van der Waals surface area (Å²) >= 11 is 0. The lowest BCUT2D eigenvalue weighted by molar-refractivity contribution is -0.143. The van der Waals surface area contributed by atoms with E-state index in [0.717, 1.165) is 12.1 Å². The Balaban J connectivity index is 1.52. The lowest BCUT2D eigenvalue weighted by Crippen LogP contribution is -2.58. The van der Waals surface area contributed by atoms with Crippen molar-refractivity contribution in [2.24, 2.45) is 5.92 Å². The number of fused-ring (bicyclic) bond motifs is 13. The van der Waals surface area contributed by atoms with Crippen molar-refractivity contribution in [3.8, 4) is 5.75 Å². The summed E-state index contributed by atoms with van der Waals surface area (Å²) in [6.07, 6.45) is -3.39. The van der Waals surface area contributed by atoms with Crippen molar-refractivity contribution in [2.75, 3.05) is 19.7 Å². The molecule has 2 bridgehead atoms. The van der Waals surface area contributed by atoms with Crippen LogP contribution in [0, 0.1) is 5.92 Å². The van der Waals surface area contributed by atoms with Crippen molar-refractivity contribution in [1.29, 1.82) is 0 Å². The number of hydrogen-bond donors (Lipinski definition) is 4. The van der Waals surface area contributed by atoms with Crippen LogP contribution in [-0.4, -0.2) is 78.3 Å². The maximum absolute atomic E-state index is 13.5. The molecular weight excluding hydrogens is 619 g/mol. The molecule has 3 heterocycles. The molecule has 1 saturated heterocycles. The van der Waals surface area contributed by atoms with Crippen molar-refractivity contribution < 1.29 is 41.9 Å². The Hall–Kier alpha value is -4.62. The maximum atomic E-state index is 13.5. The summed E-state index contributed by atoms with van der Waals surface area (Å²) in [6, 6.07) is 7.44. The van der Waals surface area contributed by atoms with Gasteiger partial charge in [0, 0.05) is 19.5 Å². The van der Waals surface area contributed by atoms with Gasteiger partial charge in [-0.05, 0) is 61.4 Å². The fourth-order valence-electron chi connectivity index (χ4n) is 5.55. The van der Waals surface area contributed by atoms with E-state index in [1.54, 1.807) is 38.1 Å². The van der Waals surface area contributed by atoms with Gasteiger partial charge < -0.3 is 30.9 Å². The minimum absolute atomic E-state index is 0.0105. The van der Waals surface area contributed by atoms with Crippen molar-refractivity contribution >= 4 is 29.5 Å². The number of ether oxygens (including phenoxy) is 1. The van der Waals surface area contributed by atoms with Crippen molar-refractivity contribution in [1.82, 2.24) is 26.2 Å². The Morgan fingerprint density at radius 1 is 1.02 bits per heavy atom. The molecule has 3 aliphatic rings. The number of nitrogens with zero attached hydrogens (tertiary/aromatic N) is 1. The smallest absolute Gasteiger partial charge is 0.416 e. The molecule has 0 aromatic heterocycles. The van der Waals surface area contributed by atoms with Gasteiger partial charge in [-0.25, -0.2) is 0 Å². The molecule has 0 radical (unpaired) electrons. The van der Waals surface area contributed by atoms with Gasteiger partial charge in [0.2, 0.25) is 23.6 Å². The van der Waals surface area contributed by atoms with E-state index in [1.165, 1.54) is 24.0 Å². The van der Waals surface area contributed by atoms with Crippen LogP contribution in [0.3, 0.4) is 0 Å². The highest BCUT2D eigenvalue weighted by molar-refractivity contribution is 5.96. The zero-order valence-corrected chi connectivity index (χ0v) is 26.5. The third kappa shape index (κ3) is 9.46. The van der Waals surface area contributed by atoms with E-state index < -0.39 is 65.4 Å². The number of benzene rings is 2. The largest absolute Gasteiger partial charge is 0.484 e. The fraction of sp³-hybridized carbons (Fsp3) is 0.485. The van der Waals surface area contributed by atoms with Crippen LogP contribution >= 0.6 is 0 Å². The lowest BCUT2D eigenvalue weighted by Gasteiger charge is -2.31. The minimum Gasteiger partial charge on any atom is -0.484 e. The maximum Gasteiger partial charge on any atom is 0.416 e. The van der Waals surface area contributed by atoms with Crippen LogP contribution in [-0.2, 0) is 43.0 Å². The zero-order valence-electron chi connectivity index (χ0n) is 26.5. The molecule has 0 unspecified atom stereocenters. The summed E-state index contributed by atoms with van der Waals surface area (Å²) in [7, 11) is 0. The fourth-order valence-corrected chi connectivity index (χ4v) is 5.55. The Kier molecular flexibility index (Phi) is 11.5. The number of halogens is 3. The molecule has 2 aromatic rings. The van der Waals surface area contributed by atoms with Gasteiger partial charge in [-0.2, -0.15) is 13.2 Å². The SMILES string of the molecule is CC(C)[C@H]1NC(=O)COc2ccc(cc2)C[C@@H](C(=O)NCCc2cccc(C(F)(F)F)c2)NC(=O)[C@H](C)NC(=O)[C@@H]2CCCN2C1=O. The van der Waals surface area contributed by atoms with E-state index in [0.29, 0.717) is 36.3 Å². The molecule has 11 nitrogen and oxygen atoms in total. The quantitative estimate of drug-likeness (QED) is 0.387. The van der Waals surface area contributed by atoms with Crippen LogP contribution in [0.2, 0.25) is 0 Å². The number of rotatable bonds is 5. The highest BCUT2D eigenvalue weighted by atomic mass is 19.4. The van der Waals surface area contributed by atoms with Gasteiger partial charge >= 0.3 is 6.18 Å². The highest BCUT2D eigenvalue weighted by Gasteiger charge is 2.39. The molecule has 0 saturated carbocycles. The van der Waals surface area contributed by atoms with Crippen LogP contribution in [0.15, 0.2) is 48.5 Å². The molecule has 0 aliphatic carbocycles. The zero-order chi connectivity index (χ0) is 34.3. The Labute approximate surface area is 271 Å². The number of amides is 5. The first-order chi connectivity index (χ1) is 22.2. The molecule has 14 heteroatoms. The average Bonchev–Trinajstić information content (AvgIpc) is 3.52. The Bertz CT molecular complexity index is 1470. The molecule has 0 spiro atoms. The Morgan fingerprint density at radius 3 is 2.43 bits per heavy atom. The van der Waals surface area contributed by atoms with Crippen molar-refractivity contribution in [3.63, 3.8) is 0 Å². The second-order valence-corrected chi connectivity index (χ2v) is 12.1. The normalized spacial score (nSPS) is 23.1. The first-order valence-corrected chi connectivity index (χ1v) is 15.6. The lowest BCUT2D eigenvalue weighted by atomic mass is 10.0. The van der Waals surface area contributed by atoms with Crippen LogP contribution in [0.5, 0.6) is 5.75 Å². The summed E-state index contributed by atoms with van der Waals surface area (Å²) in [4.78, 5) is 67.5. The molecular formula is C33H40F3N5O6. The molecule has 4 N–H and O–H groups in total. The third-order valence-corrected chi connectivity index (χ3v) is 8.17. The number of carbonyl (C=O) groups excluding carboxylic acids is 5. The van der Waals surface area contributed by atoms with Crippen LogP contribution in [0.25, 0.3) is 0 Å². The molecule has 2 aromatic carbocycles. The van der Waals surface area contributed by atoms with Gasteiger partial charge in [-0.1, -0.05) is 44.2 Å². The molecule has 3 aliphatic heterocycles. The second kappa shape index (κ2) is 15.3. The summed E-state index contributed by atoms with van der Waals surface area (Å²) in [6.45, 7) is 4.99. The molecule has 254 valence electrons.